The molecule has 0 spiro atoms. The molecule has 1 heterocycles. The number of aliphatic hydroxyl groups is 1. The minimum atomic E-state index is -2.49. The van der Waals surface area contributed by atoms with Crippen LogP contribution in [0.25, 0.3) is 0 Å². The lowest BCUT2D eigenvalue weighted by Gasteiger charge is -2.21. The number of hydrogen-bond donors (Lipinski definition) is 2. The van der Waals surface area contributed by atoms with Gasteiger partial charge in [-0.25, -0.2) is 18.7 Å². The molecule has 0 aliphatic carbocycles. The van der Waals surface area contributed by atoms with Gasteiger partial charge < -0.3 is 15.3 Å². The summed E-state index contributed by atoms with van der Waals surface area (Å²) < 4.78 is 24.9. The van der Waals surface area contributed by atoms with E-state index in [0.29, 0.717) is 12.5 Å². The molecular weight excluding hydrogens is 266 g/mol. The maximum Gasteiger partial charge on any atom is 0.255 e. The summed E-state index contributed by atoms with van der Waals surface area (Å²) in [6.45, 7) is 5.17. The van der Waals surface area contributed by atoms with E-state index >= 15 is 0 Å². The van der Waals surface area contributed by atoms with E-state index in [9.17, 15) is 8.78 Å². The number of rotatable bonds is 9. The molecule has 2 N–H and O–H groups in total. The maximum absolute atomic E-state index is 12.4. The molecule has 0 fully saturated rings. The third-order valence-electron chi connectivity index (χ3n) is 2.58. The quantitative estimate of drug-likeness (QED) is 0.717. The zero-order chi connectivity index (χ0) is 15.0. The number of anilines is 1. The first-order valence-electron chi connectivity index (χ1n) is 6.68. The average Bonchev–Trinajstić information content (AvgIpc) is 2.38. The molecule has 7 heteroatoms. The van der Waals surface area contributed by atoms with E-state index in [1.165, 1.54) is 4.90 Å². The Morgan fingerprint density at radius 1 is 1.30 bits per heavy atom. The van der Waals surface area contributed by atoms with Crippen LogP contribution in [0.15, 0.2) is 12.4 Å². The summed E-state index contributed by atoms with van der Waals surface area (Å²) in [6, 6.07) is 0. The van der Waals surface area contributed by atoms with Crippen molar-refractivity contribution in [1.29, 1.82) is 0 Å². The zero-order valence-electron chi connectivity index (χ0n) is 11.9. The summed E-state index contributed by atoms with van der Waals surface area (Å²) in [7, 11) is 0. The lowest BCUT2D eigenvalue weighted by Crippen LogP contribution is -2.33. The Hall–Kier alpha value is -1.34. The minimum absolute atomic E-state index is 0.0925. The van der Waals surface area contributed by atoms with Crippen molar-refractivity contribution in [3.8, 4) is 0 Å². The second-order valence-corrected chi connectivity index (χ2v) is 4.98. The molecule has 5 nitrogen and oxygen atoms in total. The van der Waals surface area contributed by atoms with Crippen molar-refractivity contribution in [2.75, 3.05) is 31.1 Å². The van der Waals surface area contributed by atoms with E-state index in [1.807, 2.05) is 0 Å². The molecule has 1 aromatic heterocycles. The van der Waals surface area contributed by atoms with Gasteiger partial charge in [0.2, 0.25) is 5.95 Å². The molecule has 1 aromatic rings. The topological polar surface area (TPSA) is 61.3 Å². The summed E-state index contributed by atoms with van der Waals surface area (Å²) in [5.41, 5.74) is 0.899. The highest BCUT2D eigenvalue weighted by Crippen LogP contribution is 2.09. The second-order valence-electron chi connectivity index (χ2n) is 4.98. The molecule has 0 aliphatic heterocycles. The highest BCUT2D eigenvalue weighted by atomic mass is 19.3. The Kier molecular flexibility index (Phi) is 7.32. The molecular formula is C13H22F2N4O. The standard InChI is InChI=1S/C13H22F2N4O/c1-10(2)5-16-6-11-7-17-13(18-8-11)19(3-4-20)9-12(14)15/h7-8,10,12,16,20H,3-6,9H2,1-2H3. The molecule has 0 aromatic carbocycles. The monoisotopic (exact) mass is 288 g/mol. The van der Waals surface area contributed by atoms with Crippen molar-refractivity contribution in [3.63, 3.8) is 0 Å². The van der Waals surface area contributed by atoms with Crippen LogP contribution in [-0.4, -0.2) is 47.7 Å². The highest BCUT2D eigenvalue weighted by molar-refractivity contribution is 5.29. The van der Waals surface area contributed by atoms with Crippen molar-refractivity contribution >= 4 is 5.95 Å². The van der Waals surface area contributed by atoms with Gasteiger partial charge in [-0.05, 0) is 12.5 Å². The summed E-state index contributed by atoms with van der Waals surface area (Å²) in [5, 5.41) is 12.1. The summed E-state index contributed by atoms with van der Waals surface area (Å²) in [5.74, 6) is 0.772. The van der Waals surface area contributed by atoms with Crippen LogP contribution < -0.4 is 10.2 Å². The van der Waals surface area contributed by atoms with E-state index in [1.54, 1.807) is 12.4 Å². The van der Waals surface area contributed by atoms with Crippen LogP contribution in [0.1, 0.15) is 19.4 Å². The number of alkyl halides is 2. The van der Waals surface area contributed by atoms with Crippen LogP contribution in [-0.2, 0) is 6.54 Å². The number of halogens is 2. The molecule has 0 aliphatic rings. The van der Waals surface area contributed by atoms with Gasteiger partial charge in [-0.2, -0.15) is 0 Å². The van der Waals surface area contributed by atoms with E-state index in [-0.39, 0.29) is 19.1 Å². The van der Waals surface area contributed by atoms with Gasteiger partial charge in [-0.3, -0.25) is 0 Å². The van der Waals surface area contributed by atoms with Crippen LogP contribution in [0.3, 0.4) is 0 Å². The molecule has 1 rings (SSSR count). The van der Waals surface area contributed by atoms with Crippen LogP contribution >= 0.6 is 0 Å². The van der Waals surface area contributed by atoms with Crippen molar-refractivity contribution < 1.29 is 13.9 Å². The van der Waals surface area contributed by atoms with Crippen molar-refractivity contribution in [2.24, 2.45) is 5.92 Å². The Balaban J connectivity index is 2.58. The van der Waals surface area contributed by atoms with Crippen LogP contribution in [0.5, 0.6) is 0 Å². The van der Waals surface area contributed by atoms with Gasteiger partial charge in [-0.15, -0.1) is 0 Å². The second kappa shape index (κ2) is 8.76. The van der Waals surface area contributed by atoms with Gasteiger partial charge in [0.1, 0.15) is 0 Å². The van der Waals surface area contributed by atoms with Crippen molar-refractivity contribution in [2.45, 2.75) is 26.8 Å². The molecule has 114 valence electrons. The van der Waals surface area contributed by atoms with Crippen LogP contribution in [0.2, 0.25) is 0 Å². The highest BCUT2D eigenvalue weighted by Gasteiger charge is 2.14. The molecule has 0 atom stereocenters. The Bertz CT molecular complexity index is 373. The van der Waals surface area contributed by atoms with E-state index in [2.05, 4.69) is 29.1 Å². The third kappa shape index (κ3) is 6.21. The number of aromatic nitrogens is 2. The molecule has 20 heavy (non-hydrogen) atoms. The molecule has 0 unspecified atom stereocenters. The SMILES string of the molecule is CC(C)CNCc1cnc(N(CCO)CC(F)F)nc1. The summed E-state index contributed by atoms with van der Waals surface area (Å²) in [6.07, 6.45) is 0.745. The largest absolute Gasteiger partial charge is 0.395 e. The lowest BCUT2D eigenvalue weighted by atomic mass is 10.2. The van der Waals surface area contributed by atoms with E-state index in [4.69, 9.17) is 5.11 Å². The number of nitrogens with one attached hydrogen (secondary N) is 1. The van der Waals surface area contributed by atoms with Gasteiger partial charge in [0.15, 0.2) is 0 Å². The number of nitrogens with zero attached hydrogens (tertiary/aromatic N) is 3. The molecule has 0 amide bonds. The number of hydrogen-bond acceptors (Lipinski definition) is 5. The van der Waals surface area contributed by atoms with Gasteiger partial charge in [-0.1, -0.05) is 13.8 Å². The summed E-state index contributed by atoms with van der Waals surface area (Å²) in [4.78, 5) is 9.43. The smallest absolute Gasteiger partial charge is 0.255 e. The first-order chi connectivity index (χ1) is 9.52. The van der Waals surface area contributed by atoms with Crippen molar-refractivity contribution in [1.82, 2.24) is 15.3 Å². The van der Waals surface area contributed by atoms with Crippen LogP contribution in [0, 0.1) is 5.92 Å². The predicted octanol–water partition coefficient (Wildman–Crippen LogP) is 1.29. The van der Waals surface area contributed by atoms with Gasteiger partial charge in [0.05, 0.1) is 13.2 Å². The Morgan fingerprint density at radius 3 is 2.45 bits per heavy atom. The maximum atomic E-state index is 12.4. The normalized spacial score (nSPS) is 11.3. The molecule has 0 radical (unpaired) electrons. The minimum Gasteiger partial charge on any atom is -0.395 e. The van der Waals surface area contributed by atoms with Crippen LogP contribution in [0.4, 0.5) is 14.7 Å². The fourth-order valence-corrected chi connectivity index (χ4v) is 1.67. The Labute approximate surface area is 118 Å². The third-order valence-corrected chi connectivity index (χ3v) is 2.58. The average molecular weight is 288 g/mol. The predicted molar refractivity (Wildman–Crippen MR) is 73.9 cm³/mol. The van der Waals surface area contributed by atoms with Crippen molar-refractivity contribution in [3.05, 3.63) is 18.0 Å². The fourth-order valence-electron chi connectivity index (χ4n) is 1.67. The van der Waals surface area contributed by atoms with Gasteiger partial charge in [0, 0.05) is 31.0 Å². The molecule has 0 bridgehead atoms. The fraction of sp³-hybridized carbons (Fsp3) is 0.692. The van der Waals surface area contributed by atoms with E-state index < -0.39 is 13.0 Å². The summed E-state index contributed by atoms with van der Waals surface area (Å²) >= 11 is 0. The Morgan fingerprint density at radius 2 is 1.95 bits per heavy atom. The molecule has 0 saturated carbocycles. The van der Waals surface area contributed by atoms with Gasteiger partial charge >= 0.3 is 0 Å². The molecule has 0 saturated heterocycles. The first kappa shape index (κ1) is 16.7. The van der Waals surface area contributed by atoms with Gasteiger partial charge in [0.25, 0.3) is 6.43 Å². The first-order valence-corrected chi connectivity index (χ1v) is 6.68. The zero-order valence-corrected chi connectivity index (χ0v) is 11.9. The van der Waals surface area contributed by atoms with E-state index in [0.717, 1.165) is 12.1 Å². The lowest BCUT2D eigenvalue weighted by molar-refractivity contribution is 0.152. The number of aliphatic hydroxyl groups excluding tert-OH is 1.